The predicted octanol–water partition coefficient (Wildman–Crippen LogP) is 4.49. The Morgan fingerprint density at radius 2 is 1.68 bits per heavy atom. The quantitative estimate of drug-likeness (QED) is 0.356. The first-order valence-electron chi connectivity index (χ1n) is 11.7. The molecule has 0 spiro atoms. The fourth-order valence-electron chi connectivity index (χ4n) is 3.90. The Hall–Kier alpha value is -2.82. The summed E-state index contributed by atoms with van der Waals surface area (Å²) in [7, 11) is -3.65. The molecule has 1 heterocycles. The molecule has 0 bridgehead atoms. The van der Waals surface area contributed by atoms with E-state index in [1.165, 1.54) is 12.1 Å². The van der Waals surface area contributed by atoms with Crippen molar-refractivity contribution in [3.63, 3.8) is 0 Å². The average Bonchev–Trinajstić information content (AvgIpc) is 2.90. The first-order valence-corrected chi connectivity index (χ1v) is 14.0. The zero-order chi connectivity index (χ0) is 26.3. The predicted molar refractivity (Wildman–Crippen MR) is 145 cm³/mol. The van der Waals surface area contributed by atoms with Crippen LogP contribution in [0.15, 0.2) is 77.7 Å². The Bertz CT molecular complexity index is 1310. The zero-order valence-electron chi connectivity index (χ0n) is 20.0. The molecule has 11 heteroatoms. The average molecular weight is 564 g/mol. The Morgan fingerprint density at radius 3 is 2.41 bits per heavy atom. The normalized spacial score (nSPS) is 16.2. The number of rotatable bonds is 9. The van der Waals surface area contributed by atoms with E-state index in [1.807, 2.05) is 12.1 Å². The fourth-order valence-corrected chi connectivity index (χ4v) is 5.30. The van der Waals surface area contributed by atoms with Gasteiger partial charge in [0.05, 0.1) is 27.7 Å². The molecule has 1 saturated heterocycles. The number of hydrogen-bond donors (Lipinski definition) is 3. The number of urea groups is 1. The number of anilines is 1. The summed E-state index contributed by atoms with van der Waals surface area (Å²) in [5, 5.41) is 6.73. The van der Waals surface area contributed by atoms with Crippen LogP contribution < -0.4 is 15.4 Å². The highest BCUT2D eigenvalue weighted by Crippen LogP contribution is 2.23. The summed E-state index contributed by atoms with van der Waals surface area (Å²) in [6.07, 6.45) is -0.126. The van der Waals surface area contributed by atoms with Crippen molar-refractivity contribution in [1.82, 2.24) is 15.5 Å². The van der Waals surface area contributed by atoms with Crippen molar-refractivity contribution in [2.75, 3.05) is 31.0 Å². The Morgan fingerprint density at radius 1 is 0.946 bits per heavy atom. The SMILES string of the molecule is O=C(NCc1ccc(NS(=O)(=O)c2ccccc2)cc1)NC[C@H]1CN(Cc2ccc(Cl)c(Cl)c2)CCO1. The number of nitrogens with one attached hydrogen (secondary N) is 3. The number of carbonyl (C=O) groups is 1. The lowest BCUT2D eigenvalue weighted by molar-refractivity contribution is -0.0287. The summed E-state index contributed by atoms with van der Waals surface area (Å²) in [6.45, 7) is 3.45. The highest BCUT2D eigenvalue weighted by molar-refractivity contribution is 7.92. The van der Waals surface area contributed by atoms with Gasteiger partial charge in [0.25, 0.3) is 10.0 Å². The molecular weight excluding hydrogens is 535 g/mol. The third-order valence-corrected chi connectivity index (χ3v) is 7.95. The molecule has 1 aliphatic rings. The number of benzene rings is 3. The molecular formula is C26H28Cl2N4O4S. The van der Waals surface area contributed by atoms with E-state index in [9.17, 15) is 13.2 Å². The van der Waals surface area contributed by atoms with E-state index in [-0.39, 0.29) is 17.0 Å². The molecule has 8 nitrogen and oxygen atoms in total. The molecule has 3 aromatic rings. The van der Waals surface area contributed by atoms with Crippen LogP contribution in [-0.2, 0) is 27.8 Å². The van der Waals surface area contributed by atoms with Crippen molar-refractivity contribution >= 4 is 44.9 Å². The molecule has 0 radical (unpaired) electrons. The summed E-state index contributed by atoms with van der Waals surface area (Å²) in [5.41, 5.74) is 2.34. The molecule has 2 amide bonds. The second kappa shape index (κ2) is 12.6. The summed E-state index contributed by atoms with van der Waals surface area (Å²) < 4.78 is 33.2. The minimum absolute atomic E-state index is 0.126. The van der Waals surface area contributed by atoms with E-state index >= 15 is 0 Å². The van der Waals surface area contributed by atoms with Gasteiger partial charge in [-0.1, -0.05) is 59.6 Å². The number of sulfonamides is 1. The third-order valence-electron chi connectivity index (χ3n) is 5.82. The van der Waals surface area contributed by atoms with E-state index in [2.05, 4.69) is 20.3 Å². The Labute approximate surface area is 227 Å². The van der Waals surface area contributed by atoms with Crippen LogP contribution in [0, 0.1) is 0 Å². The number of hydrogen-bond acceptors (Lipinski definition) is 5. The number of ether oxygens (including phenoxy) is 1. The van der Waals surface area contributed by atoms with E-state index in [1.54, 1.807) is 48.5 Å². The van der Waals surface area contributed by atoms with E-state index in [0.29, 0.717) is 42.0 Å². The minimum atomic E-state index is -3.65. The first-order chi connectivity index (χ1) is 17.8. The number of carbonyl (C=O) groups excluding carboxylic acids is 1. The van der Waals surface area contributed by atoms with E-state index < -0.39 is 10.0 Å². The molecule has 0 aliphatic carbocycles. The lowest BCUT2D eigenvalue weighted by Crippen LogP contribution is -2.48. The van der Waals surface area contributed by atoms with Crippen LogP contribution in [0.1, 0.15) is 11.1 Å². The maximum Gasteiger partial charge on any atom is 0.315 e. The summed E-state index contributed by atoms with van der Waals surface area (Å²) in [5.74, 6) is 0. The van der Waals surface area contributed by atoms with E-state index in [4.69, 9.17) is 27.9 Å². The van der Waals surface area contributed by atoms with Gasteiger partial charge < -0.3 is 15.4 Å². The smallest absolute Gasteiger partial charge is 0.315 e. The highest BCUT2D eigenvalue weighted by atomic mass is 35.5. The molecule has 4 rings (SSSR count). The summed E-state index contributed by atoms with van der Waals surface area (Å²) in [4.78, 5) is 14.7. The second-order valence-corrected chi connectivity index (χ2v) is 11.2. The van der Waals surface area contributed by atoms with Gasteiger partial charge in [-0.05, 0) is 47.5 Å². The van der Waals surface area contributed by atoms with Crippen molar-refractivity contribution in [1.29, 1.82) is 0 Å². The molecule has 196 valence electrons. The van der Waals surface area contributed by atoms with Crippen molar-refractivity contribution in [3.05, 3.63) is 94.0 Å². The molecule has 0 saturated carbocycles. The Balaban J connectivity index is 1.19. The minimum Gasteiger partial charge on any atom is -0.374 e. The number of nitrogens with zero attached hydrogens (tertiary/aromatic N) is 1. The number of morpholine rings is 1. The van der Waals surface area contributed by atoms with Crippen molar-refractivity contribution in [2.45, 2.75) is 24.1 Å². The fraction of sp³-hybridized carbons (Fsp3) is 0.269. The zero-order valence-corrected chi connectivity index (χ0v) is 22.3. The maximum absolute atomic E-state index is 12.4. The molecule has 3 N–H and O–H groups in total. The van der Waals surface area contributed by atoms with Gasteiger partial charge >= 0.3 is 6.03 Å². The van der Waals surface area contributed by atoms with Gasteiger partial charge in [0, 0.05) is 38.4 Å². The molecule has 0 unspecified atom stereocenters. The van der Waals surface area contributed by atoms with Crippen molar-refractivity contribution in [2.24, 2.45) is 0 Å². The van der Waals surface area contributed by atoms with Gasteiger partial charge in [-0.2, -0.15) is 0 Å². The lowest BCUT2D eigenvalue weighted by atomic mass is 10.2. The van der Waals surface area contributed by atoms with Crippen LogP contribution in [0.2, 0.25) is 10.0 Å². The standard InChI is InChI=1S/C26H28Cl2N4O4S/c27-24-11-8-20(14-25(24)28)17-32-12-13-36-22(18-32)16-30-26(33)29-15-19-6-9-21(10-7-19)31-37(34,35)23-4-2-1-3-5-23/h1-11,14,22,31H,12-13,15-18H2,(H2,29,30,33)/t22-/m0/s1. The van der Waals surface area contributed by atoms with Crippen molar-refractivity contribution in [3.8, 4) is 0 Å². The van der Waals surface area contributed by atoms with Gasteiger partial charge in [-0.3, -0.25) is 9.62 Å². The largest absolute Gasteiger partial charge is 0.374 e. The first kappa shape index (κ1) is 27.2. The Kier molecular flexibility index (Phi) is 9.28. The van der Waals surface area contributed by atoms with Crippen LogP contribution in [0.4, 0.5) is 10.5 Å². The van der Waals surface area contributed by atoms with E-state index in [0.717, 1.165) is 24.2 Å². The molecule has 0 aromatic heterocycles. The second-order valence-electron chi connectivity index (χ2n) is 8.66. The number of amides is 2. The van der Waals surface area contributed by atoms with Crippen LogP contribution in [0.3, 0.4) is 0 Å². The van der Waals surface area contributed by atoms with Gasteiger partial charge in [-0.25, -0.2) is 13.2 Å². The highest BCUT2D eigenvalue weighted by Gasteiger charge is 2.21. The van der Waals surface area contributed by atoms with Crippen LogP contribution >= 0.6 is 23.2 Å². The van der Waals surface area contributed by atoms with Crippen LogP contribution in [0.5, 0.6) is 0 Å². The van der Waals surface area contributed by atoms with Gasteiger partial charge in [0.1, 0.15) is 0 Å². The molecule has 37 heavy (non-hydrogen) atoms. The third kappa shape index (κ3) is 8.08. The monoisotopic (exact) mass is 562 g/mol. The number of halogens is 2. The van der Waals surface area contributed by atoms with Gasteiger partial charge in [0.15, 0.2) is 0 Å². The van der Waals surface area contributed by atoms with Crippen LogP contribution in [0.25, 0.3) is 0 Å². The van der Waals surface area contributed by atoms with Gasteiger partial charge in [0.2, 0.25) is 0 Å². The van der Waals surface area contributed by atoms with Crippen LogP contribution in [-0.4, -0.2) is 51.7 Å². The van der Waals surface area contributed by atoms with Crippen molar-refractivity contribution < 1.29 is 17.9 Å². The maximum atomic E-state index is 12.4. The molecule has 1 aliphatic heterocycles. The van der Waals surface area contributed by atoms with Gasteiger partial charge in [-0.15, -0.1) is 0 Å². The molecule has 3 aromatic carbocycles. The summed E-state index contributed by atoms with van der Waals surface area (Å²) in [6, 6.07) is 20.3. The summed E-state index contributed by atoms with van der Waals surface area (Å²) >= 11 is 12.1. The topological polar surface area (TPSA) is 99.8 Å². The molecule has 1 atom stereocenters. The lowest BCUT2D eigenvalue weighted by Gasteiger charge is -2.33. The molecule has 1 fully saturated rings.